The van der Waals surface area contributed by atoms with Gasteiger partial charge in [0.05, 0.1) is 4.47 Å². The second kappa shape index (κ2) is 5.29. The van der Waals surface area contributed by atoms with E-state index in [1.807, 2.05) is 30.3 Å². The minimum absolute atomic E-state index is 0.367. The van der Waals surface area contributed by atoms with Crippen molar-refractivity contribution >= 4 is 32.5 Å². The summed E-state index contributed by atoms with van der Waals surface area (Å²) in [6, 6.07) is 11.8. The highest BCUT2D eigenvalue weighted by atomic mass is 79.9. The number of ether oxygens (including phenoxy) is 1. The summed E-state index contributed by atoms with van der Waals surface area (Å²) < 4.78 is 32.8. The Bertz CT molecular complexity index is 839. The number of hydrogen-bond donors (Lipinski definition) is 1. The molecule has 0 saturated carbocycles. The molecule has 1 aromatic heterocycles. The predicted molar refractivity (Wildman–Crippen MR) is 80.3 cm³/mol. The van der Waals surface area contributed by atoms with E-state index in [1.54, 1.807) is 6.07 Å². The minimum Gasteiger partial charge on any atom is -0.435 e. The molecule has 0 bridgehead atoms. The van der Waals surface area contributed by atoms with Crippen LogP contribution in [0.25, 0.3) is 10.8 Å². The maximum atomic E-state index is 13.7. The molecule has 0 unspecified atom stereocenters. The van der Waals surface area contributed by atoms with Crippen molar-refractivity contribution in [1.29, 1.82) is 0 Å². The smallest absolute Gasteiger partial charge is 0.258 e. The lowest BCUT2D eigenvalue weighted by Gasteiger charge is -2.10. The molecule has 106 valence electrons. The molecule has 3 nitrogen and oxygen atoms in total. The number of pyridine rings is 1. The molecule has 3 rings (SSSR count). The van der Waals surface area contributed by atoms with Gasteiger partial charge < -0.3 is 10.5 Å². The average Bonchev–Trinajstić information content (AvgIpc) is 2.48. The summed E-state index contributed by atoms with van der Waals surface area (Å²) in [5.41, 5.74) is 5.33. The highest BCUT2D eigenvalue weighted by molar-refractivity contribution is 9.10. The first-order valence-electron chi connectivity index (χ1n) is 6.03. The molecule has 1 heterocycles. The van der Waals surface area contributed by atoms with E-state index in [2.05, 4.69) is 20.9 Å². The molecular weight excluding hydrogens is 342 g/mol. The van der Waals surface area contributed by atoms with E-state index >= 15 is 0 Å². The number of aromatic nitrogens is 1. The molecule has 2 aromatic carbocycles. The van der Waals surface area contributed by atoms with E-state index in [0.717, 1.165) is 10.8 Å². The highest BCUT2D eigenvalue weighted by Gasteiger charge is 2.14. The van der Waals surface area contributed by atoms with Gasteiger partial charge in [0.25, 0.3) is 5.88 Å². The lowest BCUT2D eigenvalue weighted by molar-refractivity contribution is 0.417. The van der Waals surface area contributed by atoms with Crippen LogP contribution in [0.4, 0.5) is 14.6 Å². The van der Waals surface area contributed by atoms with Gasteiger partial charge in [-0.1, -0.05) is 30.3 Å². The minimum atomic E-state index is -0.919. The maximum Gasteiger partial charge on any atom is 0.258 e. The Kier molecular flexibility index (Phi) is 3.47. The number of benzene rings is 2. The van der Waals surface area contributed by atoms with Crippen LogP contribution >= 0.6 is 15.9 Å². The standard InChI is InChI=1S/C15H9BrF2N2O/c16-13-9-4-2-1-3-8(9)5-6-12(13)21-15-11(18)7-10(17)14(19)20-15/h1-7H,(H2,19,20). The van der Waals surface area contributed by atoms with Crippen LogP contribution in [0.2, 0.25) is 0 Å². The van der Waals surface area contributed by atoms with Crippen LogP contribution in [0.5, 0.6) is 11.6 Å². The van der Waals surface area contributed by atoms with Crippen molar-refractivity contribution < 1.29 is 13.5 Å². The fraction of sp³-hybridized carbons (Fsp3) is 0. The van der Waals surface area contributed by atoms with Crippen LogP contribution in [0.15, 0.2) is 46.9 Å². The SMILES string of the molecule is Nc1nc(Oc2ccc3ccccc3c2Br)c(F)cc1F. The molecule has 0 aliphatic heterocycles. The third-order valence-electron chi connectivity index (χ3n) is 2.96. The van der Waals surface area contributed by atoms with Crippen molar-refractivity contribution in [3.8, 4) is 11.6 Å². The Balaban J connectivity index is 2.06. The van der Waals surface area contributed by atoms with Crippen LogP contribution in [0, 0.1) is 11.6 Å². The Hall–Kier alpha value is -2.21. The van der Waals surface area contributed by atoms with Crippen LogP contribution in [0.1, 0.15) is 0 Å². The summed E-state index contributed by atoms with van der Waals surface area (Å²) >= 11 is 3.42. The van der Waals surface area contributed by atoms with Crippen molar-refractivity contribution in [2.75, 3.05) is 5.73 Å². The normalized spacial score (nSPS) is 10.8. The second-order valence-electron chi connectivity index (χ2n) is 4.34. The van der Waals surface area contributed by atoms with Gasteiger partial charge >= 0.3 is 0 Å². The van der Waals surface area contributed by atoms with E-state index in [1.165, 1.54) is 0 Å². The van der Waals surface area contributed by atoms with E-state index in [-0.39, 0.29) is 5.88 Å². The summed E-state index contributed by atoms with van der Waals surface area (Å²) in [6.45, 7) is 0. The number of nitrogens with zero attached hydrogens (tertiary/aromatic N) is 1. The van der Waals surface area contributed by atoms with Gasteiger partial charge in [-0.15, -0.1) is 0 Å². The van der Waals surface area contributed by atoms with E-state index in [4.69, 9.17) is 10.5 Å². The third kappa shape index (κ3) is 2.54. The van der Waals surface area contributed by atoms with E-state index in [9.17, 15) is 8.78 Å². The molecule has 0 radical (unpaired) electrons. The number of hydrogen-bond acceptors (Lipinski definition) is 3. The van der Waals surface area contributed by atoms with Crippen molar-refractivity contribution in [1.82, 2.24) is 4.98 Å². The summed E-state index contributed by atoms with van der Waals surface area (Å²) in [4.78, 5) is 3.57. The Morgan fingerprint density at radius 2 is 1.81 bits per heavy atom. The number of anilines is 1. The first-order chi connectivity index (χ1) is 10.1. The van der Waals surface area contributed by atoms with E-state index < -0.39 is 17.5 Å². The maximum absolute atomic E-state index is 13.7. The van der Waals surface area contributed by atoms with Crippen LogP contribution in [-0.2, 0) is 0 Å². The van der Waals surface area contributed by atoms with Crippen LogP contribution in [0.3, 0.4) is 0 Å². The molecule has 0 amide bonds. The molecule has 0 fully saturated rings. The number of nitrogen functional groups attached to an aromatic ring is 1. The number of nitrogens with two attached hydrogens (primary N) is 1. The fourth-order valence-electron chi connectivity index (χ4n) is 1.93. The van der Waals surface area contributed by atoms with Gasteiger partial charge in [0.15, 0.2) is 17.5 Å². The fourth-order valence-corrected chi connectivity index (χ4v) is 2.51. The number of halogens is 3. The summed E-state index contributed by atoms with van der Waals surface area (Å²) in [7, 11) is 0. The van der Waals surface area contributed by atoms with Crippen molar-refractivity contribution in [3.63, 3.8) is 0 Å². The zero-order valence-corrected chi connectivity index (χ0v) is 12.2. The van der Waals surface area contributed by atoms with E-state index in [0.29, 0.717) is 16.3 Å². The largest absolute Gasteiger partial charge is 0.435 e. The molecule has 0 aliphatic carbocycles. The molecule has 6 heteroatoms. The molecule has 21 heavy (non-hydrogen) atoms. The number of rotatable bonds is 2. The molecule has 3 aromatic rings. The molecule has 2 N–H and O–H groups in total. The topological polar surface area (TPSA) is 48.1 Å². The molecule has 0 saturated heterocycles. The van der Waals surface area contributed by atoms with Crippen molar-refractivity contribution in [2.24, 2.45) is 0 Å². The molecule has 0 spiro atoms. The zero-order valence-electron chi connectivity index (χ0n) is 10.6. The van der Waals surface area contributed by atoms with Crippen molar-refractivity contribution in [2.45, 2.75) is 0 Å². The summed E-state index contributed by atoms with van der Waals surface area (Å²) in [6.07, 6.45) is 0. The van der Waals surface area contributed by atoms with Gasteiger partial charge in [0, 0.05) is 6.07 Å². The predicted octanol–water partition coefficient (Wildman–Crippen LogP) is 4.65. The Morgan fingerprint density at radius 1 is 1.05 bits per heavy atom. The zero-order chi connectivity index (χ0) is 15.0. The summed E-state index contributed by atoms with van der Waals surface area (Å²) in [5, 5.41) is 1.91. The van der Waals surface area contributed by atoms with Crippen molar-refractivity contribution in [3.05, 3.63) is 58.6 Å². The molecule has 0 atom stereocenters. The molecular formula is C15H9BrF2N2O. The van der Waals surface area contributed by atoms with Gasteiger partial charge in [-0.2, -0.15) is 4.98 Å². The van der Waals surface area contributed by atoms with Gasteiger partial charge in [-0.25, -0.2) is 8.78 Å². The Morgan fingerprint density at radius 3 is 2.62 bits per heavy atom. The summed E-state index contributed by atoms with van der Waals surface area (Å²) in [5.74, 6) is -2.25. The first kappa shape index (κ1) is 13.8. The monoisotopic (exact) mass is 350 g/mol. The highest BCUT2D eigenvalue weighted by Crippen LogP contribution is 2.36. The first-order valence-corrected chi connectivity index (χ1v) is 6.82. The van der Waals surface area contributed by atoms with Gasteiger partial charge in [0.2, 0.25) is 0 Å². The Labute approximate surface area is 127 Å². The average molecular weight is 351 g/mol. The number of fused-ring (bicyclic) bond motifs is 1. The van der Waals surface area contributed by atoms with Gasteiger partial charge in [-0.05, 0) is 32.8 Å². The van der Waals surface area contributed by atoms with Gasteiger partial charge in [0.1, 0.15) is 5.75 Å². The molecule has 0 aliphatic rings. The third-order valence-corrected chi connectivity index (χ3v) is 3.78. The quantitative estimate of drug-likeness (QED) is 0.731. The second-order valence-corrected chi connectivity index (χ2v) is 5.14. The van der Waals surface area contributed by atoms with Gasteiger partial charge in [-0.3, -0.25) is 0 Å². The lowest BCUT2D eigenvalue weighted by atomic mass is 10.1. The van der Waals surface area contributed by atoms with Crippen LogP contribution < -0.4 is 10.5 Å². The van der Waals surface area contributed by atoms with Crippen LogP contribution in [-0.4, -0.2) is 4.98 Å². The lowest BCUT2D eigenvalue weighted by Crippen LogP contribution is -2.00.